The fourth-order valence-corrected chi connectivity index (χ4v) is 1.04. The summed E-state index contributed by atoms with van der Waals surface area (Å²) in [5.41, 5.74) is -0.460. The molecule has 84 valence electrons. The van der Waals surface area contributed by atoms with E-state index in [0.717, 1.165) is 5.92 Å². The predicted octanol–water partition coefficient (Wildman–Crippen LogP) is 3.35. The molecular formula is C12H19NO2. The first kappa shape index (κ1) is 12.0. The van der Waals surface area contributed by atoms with Crippen molar-refractivity contribution in [3.63, 3.8) is 0 Å². The summed E-state index contributed by atoms with van der Waals surface area (Å²) in [6.07, 6.45) is 8.62. The Hall–Kier alpha value is -1.12. The van der Waals surface area contributed by atoms with E-state index in [4.69, 9.17) is 4.74 Å². The molecular weight excluding hydrogens is 190 g/mol. The average Bonchev–Trinajstić information content (AvgIpc) is 2.83. The highest BCUT2D eigenvalue weighted by atomic mass is 16.6. The molecule has 1 aliphatic carbocycles. The summed E-state index contributed by atoms with van der Waals surface area (Å²) >= 11 is 0. The molecule has 3 heteroatoms. The van der Waals surface area contributed by atoms with Crippen LogP contribution < -0.4 is 0 Å². The molecule has 0 aliphatic heterocycles. The molecule has 1 rings (SSSR count). The molecule has 0 heterocycles. The summed E-state index contributed by atoms with van der Waals surface area (Å²) in [5, 5.41) is 0. The molecule has 0 aromatic heterocycles. The number of carbonyl (C=O) groups excluding carboxylic acids is 1. The highest BCUT2D eigenvalue weighted by Crippen LogP contribution is 2.29. The van der Waals surface area contributed by atoms with Crippen LogP contribution in [0.4, 0.5) is 4.79 Å². The van der Waals surface area contributed by atoms with Gasteiger partial charge in [0.1, 0.15) is 5.60 Å². The lowest BCUT2D eigenvalue weighted by molar-refractivity contribution is 0.0605. The van der Waals surface area contributed by atoms with Gasteiger partial charge in [-0.1, -0.05) is 12.2 Å². The van der Waals surface area contributed by atoms with Crippen molar-refractivity contribution in [1.82, 2.24) is 0 Å². The maximum absolute atomic E-state index is 11.1. The highest BCUT2D eigenvalue weighted by Gasteiger charge is 2.16. The normalized spacial score (nSPS) is 17.5. The van der Waals surface area contributed by atoms with Gasteiger partial charge in [0.25, 0.3) is 0 Å². The number of aliphatic imine (C=N–C) groups is 1. The Morgan fingerprint density at radius 1 is 1.47 bits per heavy atom. The van der Waals surface area contributed by atoms with Crippen molar-refractivity contribution in [2.24, 2.45) is 10.9 Å². The van der Waals surface area contributed by atoms with Gasteiger partial charge in [-0.3, -0.25) is 0 Å². The first-order valence-corrected chi connectivity index (χ1v) is 5.39. The summed E-state index contributed by atoms with van der Waals surface area (Å²) in [6, 6.07) is 0. The van der Waals surface area contributed by atoms with E-state index in [1.54, 1.807) is 6.21 Å². The van der Waals surface area contributed by atoms with E-state index in [-0.39, 0.29) is 0 Å². The van der Waals surface area contributed by atoms with Crippen molar-refractivity contribution < 1.29 is 9.53 Å². The Morgan fingerprint density at radius 3 is 2.67 bits per heavy atom. The highest BCUT2D eigenvalue weighted by molar-refractivity contribution is 5.79. The van der Waals surface area contributed by atoms with E-state index in [2.05, 4.69) is 11.1 Å². The van der Waals surface area contributed by atoms with Gasteiger partial charge in [-0.25, -0.2) is 4.79 Å². The minimum atomic E-state index is -0.512. The van der Waals surface area contributed by atoms with E-state index >= 15 is 0 Å². The van der Waals surface area contributed by atoms with Crippen LogP contribution in [0.2, 0.25) is 0 Å². The Labute approximate surface area is 91.2 Å². The quantitative estimate of drug-likeness (QED) is 0.528. The Balaban J connectivity index is 2.15. The minimum absolute atomic E-state index is 0.460. The van der Waals surface area contributed by atoms with E-state index in [0.29, 0.717) is 6.42 Å². The first-order valence-electron chi connectivity index (χ1n) is 5.39. The second-order valence-corrected chi connectivity index (χ2v) is 4.79. The molecule has 15 heavy (non-hydrogen) atoms. The maximum atomic E-state index is 11.1. The molecule has 0 atom stereocenters. The van der Waals surface area contributed by atoms with Crippen LogP contribution in [-0.2, 0) is 4.74 Å². The molecule has 3 nitrogen and oxygen atoms in total. The number of amides is 1. The second-order valence-electron chi connectivity index (χ2n) is 4.79. The molecule has 0 aromatic carbocycles. The molecule has 1 aliphatic rings. The van der Waals surface area contributed by atoms with Gasteiger partial charge in [-0.05, 0) is 39.5 Å². The summed E-state index contributed by atoms with van der Waals surface area (Å²) < 4.78 is 5.02. The largest absolute Gasteiger partial charge is 0.442 e. The number of ether oxygens (including phenoxy) is 1. The van der Waals surface area contributed by atoms with Gasteiger partial charge in [0, 0.05) is 12.6 Å². The third-order valence-electron chi connectivity index (χ3n) is 1.86. The van der Waals surface area contributed by atoms with E-state index in [1.165, 1.54) is 12.8 Å². The molecule has 0 radical (unpaired) electrons. The Bertz CT molecular complexity index is 270. The summed E-state index contributed by atoms with van der Waals surface area (Å²) in [5.74, 6) is 0.778. The standard InChI is InChI=1S/C12H19NO2/c1-12(2,3)15-11(14)13-9-5-4-6-10-7-8-10/h4,6,9-10H,5,7-8H2,1-3H3. The minimum Gasteiger partial charge on any atom is -0.442 e. The van der Waals surface area contributed by atoms with Crippen LogP contribution in [0.1, 0.15) is 40.0 Å². The molecule has 1 amide bonds. The lowest BCUT2D eigenvalue weighted by atomic mass is 10.2. The van der Waals surface area contributed by atoms with Crippen LogP contribution in [0.15, 0.2) is 17.1 Å². The van der Waals surface area contributed by atoms with Crippen LogP contribution in [0, 0.1) is 5.92 Å². The van der Waals surface area contributed by atoms with Crippen molar-refractivity contribution in [2.75, 3.05) is 0 Å². The van der Waals surface area contributed by atoms with Crippen molar-refractivity contribution in [3.8, 4) is 0 Å². The Kier molecular flexibility index (Phi) is 4.06. The maximum Gasteiger partial charge on any atom is 0.433 e. The molecule has 0 saturated heterocycles. The van der Waals surface area contributed by atoms with Gasteiger partial charge in [-0.15, -0.1) is 0 Å². The Morgan fingerprint density at radius 2 is 2.13 bits per heavy atom. The molecule has 0 aromatic rings. The monoisotopic (exact) mass is 209 g/mol. The van der Waals surface area contributed by atoms with E-state index < -0.39 is 11.7 Å². The molecule has 1 saturated carbocycles. The topological polar surface area (TPSA) is 38.7 Å². The summed E-state index contributed by atoms with van der Waals surface area (Å²) in [4.78, 5) is 14.8. The fourth-order valence-electron chi connectivity index (χ4n) is 1.04. The van der Waals surface area contributed by atoms with Crippen molar-refractivity contribution in [3.05, 3.63) is 12.2 Å². The van der Waals surface area contributed by atoms with Gasteiger partial charge in [-0.2, -0.15) is 4.99 Å². The lowest BCUT2D eigenvalue weighted by Crippen LogP contribution is -2.21. The predicted molar refractivity (Wildman–Crippen MR) is 61.2 cm³/mol. The van der Waals surface area contributed by atoms with Gasteiger partial charge < -0.3 is 4.74 Å². The SMILES string of the molecule is CC(C)(C)OC(=O)N=CCC=CC1CC1. The summed E-state index contributed by atoms with van der Waals surface area (Å²) in [7, 11) is 0. The molecule has 0 unspecified atom stereocenters. The number of rotatable bonds is 3. The third kappa shape index (κ3) is 6.89. The van der Waals surface area contributed by atoms with Crippen molar-refractivity contribution in [1.29, 1.82) is 0 Å². The smallest absolute Gasteiger partial charge is 0.433 e. The zero-order valence-corrected chi connectivity index (χ0v) is 9.69. The van der Waals surface area contributed by atoms with Gasteiger partial charge >= 0.3 is 6.09 Å². The number of carbonyl (C=O) groups is 1. The number of allylic oxidation sites excluding steroid dienone is 2. The number of nitrogens with zero attached hydrogens (tertiary/aromatic N) is 1. The van der Waals surface area contributed by atoms with E-state index in [9.17, 15) is 4.79 Å². The van der Waals surface area contributed by atoms with Gasteiger partial charge in [0.05, 0.1) is 0 Å². The van der Waals surface area contributed by atoms with Crippen LogP contribution in [0.25, 0.3) is 0 Å². The zero-order valence-electron chi connectivity index (χ0n) is 9.69. The molecule has 0 N–H and O–H groups in total. The van der Waals surface area contributed by atoms with Crippen molar-refractivity contribution in [2.45, 2.75) is 45.6 Å². The van der Waals surface area contributed by atoms with Crippen LogP contribution in [0.5, 0.6) is 0 Å². The zero-order chi connectivity index (χ0) is 11.3. The van der Waals surface area contributed by atoms with Crippen molar-refractivity contribution >= 4 is 12.3 Å². The molecule has 0 bridgehead atoms. The van der Waals surface area contributed by atoms with Crippen LogP contribution in [0.3, 0.4) is 0 Å². The van der Waals surface area contributed by atoms with Crippen LogP contribution in [-0.4, -0.2) is 17.9 Å². The lowest BCUT2D eigenvalue weighted by Gasteiger charge is -2.16. The third-order valence-corrected chi connectivity index (χ3v) is 1.86. The fraction of sp³-hybridized carbons (Fsp3) is 0.667. The van der Waals surface area contributed by atoms with Crippen LogP contribution >= 0.6 is 0 Å². The average molecular weight is 209 g/mol. The molecule has 0 spiro atoms. The number of hydrogen-bond acceptors (Lipinski definition) is 2. The summed E-state index contributed by atoms with van der Waals surface area (Å²) in [6.45, 7) is 5.48. The van der Waals surface area contributed by atoms with Gasteiger partial charge in [0.2, 0.25) is 0 Å². The second kappa shape index (κ2) is 5.10. The van der Waals surface area contributed by atoms with Gasteiger partial charge in [0.15, 0.2) is 0 Å². The first-order chi connectivity index (χ1) is 6.97. The number of hydrogen-bond donors (Lipinski definition) is 0. The van der Waals surface area contributed by atoms with E-state index in [1.807, 2.05) is 26.8 Å². The molecule has 1 fully saturated rings.